The average molecular weight is 828 g/mol. The first-order valence-corrected chi connectivity index (χ1v) is 23.7. The van der Waals surface area contributed by atoms with E-state index < -0.39 is 0 Å². The van der Waals surface area contributed by atoms with Gasteiger partial charge in [0.25, 0.3) is 0 Å². The molecule has 4 aromatic carbocycles. The van der Waals surface area contributed by atoms with E-state index in [1.165, 1.54) is 89.2 Å². The van der Waals surface area contributed by atoms with Gasteiger partial charge in [-0.3, -0.25) is 0 Å². The molecule has 0 aliphatic carbocycles. The smallest absolute Gasteiger partial charge is 0.329 e. The first kappa shape index (κ1) is 40.5. The molecule has 0 N–H and O–H groups in total. The van der Waals surface area contributed by atoms with Gasteiger partial charge in [0.15, 0.2) is 0 Å². The first-order valence-electron chi connectivity index (χ1n) is 23.7. The van der Waals surface area contributed by atoms with Crippen LogP contribution in [0.5, 0.6) is 0 Å². The molecule has 64 heavy (non-hydrogen) atoms. The standard InChI is InChI=1S/2C28H28B2N2/c2*1-19(2)21-13-15-29-25(17-21)26-18-22(20(3)4)14-16-30(26)32-28-12-8-6-10-24(28)23-9-5-7-11-27(23)31(29)32/h2*5-20H,1-4H3. The molecule has 312 valence electrons. The third-order valence-corrected chi connectivity index (χ3v) is 14.5. The second kappa shape index (κ2) is 15.8. The van der Waals surface area contributed by atoms with Crippen LogP contribution < -0.4 is 19.7 Å². The normalized spacial score (nSPS) is 18.3. The van der Waals surface area contributed by atoms with Crippen LogP contribution in [0, 0.1) is 23.7 Å². The Balaban J connectivity index is 0.000000143. The fourth-order valence-electron chi connectivity index (χ4n) is 11.0. The zero-order valence-corrected chi connectivity index (χ0v) is 38.6. The lowest BCUT2D eigenvalue weighted by Crippen LogP contribution is -2.64. The molecule has 0 spiro atoms. The predicted molar refractivity (Wildman–Crippen MR) is 279 cm³/mol. The van der Waals surface area contributed by atoms with Crippen LogP contribution in [0.2, 0.25) is 0 Å². The van der Waals surface area contributed by atoms with E-state index in [1.807, 2.05) is 0 Å². The van der Waals surface area contributed by atoms with Gasteiger partial charge in [0.2, 0.25) is 0 Å². The summed E-state index contributed by atoms with van der Waals surface area (Å²) >= 11 is 0. The number of rotatable bonds is 4. The quantitative estimate of drug-likeness (QED) is 0.190. The Morgan fingerprint density at radius 3 is 0.703 bits per heavy atom. The fourth-order valence-corrected chi connectivity index (χ4v) is 11.0. The number of benzene rings is 4. The minimum absolute atomic E-state index is 0.189. The van der Waals surface area contributed by atoms with Gasteiger partial charge in [-0.15, -0.1) is 0 Å². The highest BCUT2D eigenvalue weighted by Crippen LogP contribution is 2.51. The molecule has 0 aromatic heterocycles. The fraction of sp³-hybridized carbons (Fsp3) is 0.214. The van der Waals surface area contributed by atoms with Crippen LogP contribution in [0.15, 0.2) is 214 Å². The van der Waals surface area contributed by atoms with Gasteiger partial charge in [0.05, 0.1) is 22.7 Å². The Morgan fingerprint density at radius 2 is 0.500 bits per heavy atom. The van der Waals surface area contributed by atoms with Crippen molar-refractivity contribution < 1.29 is 0 Å². The van der Waals surface area contributed by atoms with Gasteiger partial charge in [0.1, 0.15) is 0 Å². The number of para-hydroxylation sites is 4. The van der Waals surface area contributed by atoms with Gasteiger partial charge in [-0.1, -0.05) is 223 Å². The molecule has 0 amide bonds. The molecular weight excluding hydrogens is 772 g/mol. The minimum atomic E-state index is 0.189. The summed E-state index contributed by atoms with van der Waals surface area (Å²) in [7, 11) is 0. The highest BCUT2D eigenvalue weighted by Gasteiger charge is 2.49. The zero-order valence-electron chi connectivity index (χ0n) is 38.6. The Hall–Kier alpha value is -6.26. The van der Waals surface area contributed by atoms with Gasteiger partial charge in [0, 0.05) is 22.3 Å². The molecule has 0 bridgehead atoms. The van der Waals surface area contributed by atoms with E-state index in [9.17, 15) is 0 Å². The number of fused-ring (bicyclic) bond motifs is 20. The van der Waals surface area contributed by atoms with Crippen molar-refractivity contribution in [3.8, 4) is 22.3 Å². The van der Waals surface area contributed by atoms with Crippen LogP contribution >= 0.6 is 0 Å². The van der Waals surface area contributed by atoms with E-state index in [0.717, 1.165) is 0 Å². The Labute approximate surface area is 383 Å². The largest absolute Gasteiger partial charge is 0.337 e. The summed E-state index contributed by atoms with van der Waals surface area (Å²) in [6, 6.07) is 35.4. The SMILES string of the molecule is CC(C)C1=CC2=C3C=C(C(C)C)C=CB3N3c4ccccc4-c4ccccc4N3B2C=C1.CC(C)C1=CC2=C3C=C(C(C)C)C=CB3N3c4ccccc4-c4ccccc4N3B2C=C1. The average Bonchev–Trinajstić information content (AvgIpc) is 3.33. The summed E-state index contributed by atoms with van der Waals surface area (Å²) in [5.74, 6) is 11.7. The lowest BCUT2D eigenvalue weighted by atomic mass is 9.38. The summed E-state index contributed by atoms with van der Waals surface area (Å²) in [5.41, 5.74) is 21.8. The van der Waals surface area contributed by atoms with Crippen LogP contribution in [0.4, 0.5) is 22.7 Å². The second-order valence-corrected chi connectivity index (χ2v) is 19.7. The maximum atomic E-state index is 2.53. The summed E-state index contributed by atoms with van der Waals surface area (Å²) in [6.07, 6.45) is 19.2. The molecule has 0 saturated carbocycles. The Morgan fingerprint density at radius 1 is 0.297 bits per heavy atom. The van der Waals surface area contributed by atoms with Crippen LogP contribution in [0.3, 0.4) is 0 Å². The zero-order chi connectivity index (χ0) is 44.0. The van der Waals surface area contributed by atoms with Gasteiger partial charge < -0.3 is 19.7 Å². The predicted octanol–water partition coefficient (Wildman–Crippen LogP) is 13.3. The van der Waals surface area contributed by atoms with Crippen molar-refractivity contribution in [1.29, 1.82) is 0 Å². The van der Waals surface area contributed by atoms with E-state index in [-0.39, 0.29) is 27.4 Å². The highest BCUT2D eigenvalue weighted by molar-refractivity contribution is 6.90. The molecule has 0 fully saturated rings. The number of hydrogen-bond donors (Lipinski definition) is 0. The first-order chi connectivity index (χ1) is 31.1. The van der Waals surface area contributed by atoms with E-state index in [0.29, 0.717) is 23.7 Å². The number of allylic oxidation sites excluding steroid dienone is 16. The second-order valence-electron chi connectivity index (χ2n) is 19.7. The lowest BCUT2D eigenvalue weighted by Gasteiger charge is -2.53. The van der Waals surface area contributed by atoms with Crippen molar-refractivity contribution in [3.05, 3.63) is 214 Å². The minimum Gasteiger partial charge on any atom is -0.329 e. The van der Waals surface area contributed by atoms with E-state index >= 15 is 0 Å². The molecule has 4 aromatic rings. The van der Waals surface area contributed by atoms with Gasteiger partial charge in [-0.25, -0.2) is 0 Å². The summed E-state index contributed by atoms with van der Waals surface area (Å²) in [4.78, 5) is 10.1. The third-order valence-electron chi connectivity index (χ3n) is 14.5. The van der Waals surface area contributed by atoms with Crippen molar-refractivity contribution in [1.82, 2.24) is 0 Å². The van der Waals surface area contributed by atoms with Crippen molar-refractivity contribution in [2.45, 2.75) is 55.4 Å². The Bertz CT molecular complexity index is 2530. The summed E-state index contributed by atoms with van der Waals surface area (Å²) in [6.45, 7) is 19.1. The Kier molecular flexibility index (Phi) is 9.98. The molecule has 12 rings (SSSR count). The van der Waals surface area contributed by atoms with E-state index in [4.69, 9.17) is 0 Å². The monoisotopic (exact) mass is 828 g/mol. The van der Waals surface area contributed by atoms with Gasteiger partial charge in [-0.05, 0) is 70.2 Å². The van der Waals surface area contributed by atoms with Crippen LogP contribution in [0.25, 0.3) is 22.3 Å². The highest BCUT2D eigenvalue weighted by atomic mass is 15.6. The van der Waals surface area contributed by atoms with E-state index in [1.54, 1.807) is 0 Å². The molecule has 8 aliphatic heterocycles. The van der Waals surface area contributed by atoms with Gasteiger partial charge in [-0.2, -0.15) is 0 Å². The van der Waals surface area contributed by atoms with Crippen LogP contribution in [-0.2, 0) is 0 Å². The molecule has 4 nitrogen and oxygen atoms in total. The number of hydrogen-bond acceptors (Lipinski definition) is 4. The molecule has 8 aliphatic rings. The maximum Gasteiger partial charge on any atom is 0.337 e. The molecule has 8 heterocycles. The van der Waals surface area contributed by atoms with Crippen molar-refractivity contribution in [2.24, 2.45) is 23.7 Å². The molecule has 0 saturated heterocycles. The van der Waals surface area contributed by atoms with Crippen molar-refractivity contribution in [2.75, 3.05) is 19.7 Å². The van der Waals surface area contributed by atoms with E-state index in [2.05, 4.69) is 245 Å². The number of hydrazine groups is 2. The number of anilines is 4. The van der Waals surface area contributed by atoms with Crippen LogP contribution in [-0.4, -0.2) is 27.4 Å². The summed E-state index contributed by atoms with van der Waals surface area (Å²) < 4.78 is 0. The molecule has 0 unspecified atom stereocenters. The van der Waals surface area contributed by atoms with Crippen molar-refractivity contribution in [3.63, 3.8) is 0 Å². The lowest BCUT2D eigenvalue weighted by molar-refractivity contribution is 0.788. The van der Waals surface area contributed by atoms with Crippen molar-refractivity contribution >= 4 is 50.1 Å². The maximum absolute atomic E-state index is 2.53. The molecular formula is C56H56B4N4. The third kappa shape index (κ3) is 6.38. The topological polar surface area (TPSA) is 13.0 Å². The molecule has 8 heteroatoms. The van der Waals surface area contributed by atoms with Crippen LogP contribution in [0.1, 0.15) is 55.4 Å². The number of nitrogens with zero attached hydrogens (tertiary/aromatic N) is 4. The molecule has 0 atom stereocenters. The molecule has 0 radical (unpaired) electrons. The van der Waals surface area contributed by atoms with Gasteiger partial charge >= 0.3 is 27.4 Å². The summed E-state index contributed by atoms with van der Waals surface area (Å²) in [5, 5.41) is 0.